The van der Waals surface area contributed by atoms with E-state index < -0.39 is 5.38 Å². The molecule has 0 aliphatic heterocycles. The Morgan fingerprint density at radius 1 is 1.44 bits per heavy atom. The highest BCUT2D eigenvalue weighted by atomic mass is 35.5. The second-order valence-electron chi connectivity index (χ2n) is 4.29. The average molecular weight is 266 g/mol. The van der Waals surface area contributed by atoms with Gasteiger partial charge in [0.05, 0.1) is 0 Å². The quantitative estimate of drug-likeness (QED) is 0.864. The van der Waals surface area contributed by atoms with Gasteiger partial charge in [-0.05, 0) is 26.3 Å². The molecule has 0 aliphatic rings. The Morgan fingerprint density at radius 3 is 2.89 bits per heavy atom. The Kier molecular flexibility index (Phi) is 3.92. The third-order valence-electron chi connectivity index (χ3n) is 2.94. The predicted octanol–water partition coefficient (Wildman–Crippen LogP) is 3.03. The van der Waals surface area contributed by atoms with Crippen molar-refractivity contribution < 1.29 is 9.21 Å². The van der Waals surface area contributed by atoms with E-state index in [0.29, 0.717) is 6.54 Å². The molecule has 0 saturated heterocycles. The van der Waals surface area contributed by atoms with Gasteiger partial charge in [-0.1, -0.05) is 18.2 Å². The summed E-state index contributed by atoms with van der Waals surface area (Å²) in [7, 11) is 0. The highest BCUT2D eigenvalue weighted by molar-refractivity contribution is 6.30. The van der Waals surface area contributed by atoms with Gasteiger partial charge in [-0.15, -0.1) is 11.6 Å². The summed E-state index contributed by atoms with van der Waals surface area (Å²) in [5.74, 6) is 0.770. The zero-order valence-corrected chi connectivity index (χ0v) is 11.3. The van der Waals surface area contributed by atoms with Crippen LogP contribution in [0, 0.1) is 6.92 Å². The van der Waals surface area contributed by atoms with Gasteiger partial charge < -0.3 is 9.73 Å². The van der Waals surface area contributed by atoms with Gasteiger partial charge in [0.2, 0.25) is 5.91 Å². The van der Waals surface area contributed by atoms with Gasteiger partial charge in [0.15, 0.2) is 0 Å². The van der Waals surface area contributed by atoms with Gasteiger partial charge in [0, 0.05) is 17.5 Å². The van der Waals surface area contributed by atoms with Crippen molar-refractivity contribution in [3.63, 3.8) is 0 Å². The van der Waals surface area contributed by atoms with E-state index in [4.69, 9.17) is 16.0 Å². The van der Waals surface area contributed by atoms with Crippen molar-refractivity contribution >= 4 is 28.5 Å². The maximum Gasteiger partial charge on any atom is 0.237 e. The fourth-order valence-corrected chi connectivity index (χ4v) is 2.06. The zero-order chi connectivity index (χ0) is 13.1. The minimum absolute atomic E-state index is 0.137. The molecule has 0 aliphatic carbocycles. The Hall–Kier alpha value is -1.48. The molecule has 0 bridgehead atoms. The summed E-state index contributed by atoms with van der Waals surface area (Å²) in [6.07, 6.45) is 0.748. The molecule has 1 amide bonds. The lowest BCUT2D eigenvalue weighted by molar-refractivity contribution is -0.120. The number of alkyl halides is 1. The molecule has 2 rings (SSSR count). The summed E-state index contributed by atoms with van der Waals surface area (Å²) >= 11 is 5.68. The fraction of sp³-hybridized carbons (Fsp3) is 0.357. The highest BCUT2D eigenvalue weighted by Gasteiger charge is 2.12. The normalized spacial score (nSPS) is 12.6. The Balaban J connectivity index is 2.08. The summed E-state index contributed by atoms with van der Waals surface area (Å²) < 4.78 is 5.67. The number of para-hydroxylation sites is 1. The molecule has 4 heteroatoms. The minimum atomic E-state index is -0.493. The van der Waals surface area contributed by atoms with E-state index in [1.807, 2.05) is 31.2 Å². The SMILES string of the molecule is Cc1oc2ccccc2c1CCNC(=O)C(C)Cl. The Bertz CT molecular complexity index is 560. The van der Waals surface area contributed by atoms with Crippen LogP contribution in [0.15, 0.2) is 28.7 Å². The van der Waals surface area contributed by atoms with Gasteiger partial charge in [-0.2, -0.15) is 0 Å². The number of hydrogen-bond donors (Lipinski definition) is 1. The van der Waals surface area contributed by atoms with E-state index in [2.05, 4.69) is 5.32 Å². The number of aryl methyl sites for hydroxylation is 1. The number of fused-ring (bicyclic) bond motifs is 1. The molecule has 0 fully saturated rings. The topological polar surface area (TPSA) is 42.2 Å². The number of halogens is 1. The lowest BCUT2D eigenvalue weighted by atomic mass is 10.1. The summed E-state index contributed by atoms with van der Waals surface area (Å²) in [5.41, 5.74) is 2.04. The fourth-order valence-electron chi connectivity index (χ4n) is 1.98. The van der Waals surface area contributed by atoms with E-state index in [-0.39, 0.29) is 5.91 Å². The Morgan fingerprint density at radius 2 is 2.17 bits per heavy atom. The van der Waals surface area contributed by atoms with Crippen LogP contribution in [0.4, 0.5) is 0 Å². The van der Waals surface area contributed by atoms with Crippen molar-refractivity contribution in [3.8, 4) is 0 Å². The molecule has 1 unspecified atom stereocenters. The van der Waals surface area contributed by atoms with Crippen molar-refractivity contribution in [1.82, 2.24) is 5.32 Å². The molecule has 1 atom stereocenters. The molecule has 0 saturated carbocycles. The summed E-state index contributed by atoms with van der Waals surface area (Å²) in [6, 6.07) is 7.92. The molecule has 96 valence electrons. The van der Waals surface area contributed by atoms with Crippen LogP contribution in [0.25, 0.3) is 11.0 Å². The molecule has 1 aromatic heterocycles. The molecule has 1 heterocycles. The second kappa shape index (κ2) is 5.44. The van der Waals surface area contributed by atoms with Crippen molar-refractivity contribution in [2.45, 2.75) is 25.6 Å². The van der Waals surface area contributed by atoms with Crippen LogP contribution in [-0.4, -0.2) is 17.8 Å². The van der Waals surface area contributed by atoms with Gasteiger partial charge in [-0.3, -0.25) is 4.79 Å². The predicted molar refractivity (Wildman–Crippen MR) is 73.0 cm³/mol. The third kappa shape index (κ3) is 2.67. The number of rotatable bonds is 4. The molecule has 2 aromatic rings. The van der Waals surface area contributed by atoms with Crippen molar-refractivity contribution in [2.24, 2.45) is 0 Å². The average Bonchev–Trinajstić information content (AvgIpc) is 2.65. The van der Waals surface area contributed by atoms with E-state index in [0.717, 1.165) is 28.7 Å². The number of nitrogens with one attached hydrogen (secondary N) is 1. The molecular formula is C14H16ClNO2. The van der Waals surface area contributed by atoms with Crippen LogP contribution < -0.4 is 5.32 Å². The van der Waals surface area contributed by atoms with Crippen LogP contribution >= 0.6 is 11.6 Å². The first kappa shape index (κ1) is 13.0. The van der Waals surface area contributed by atoms with E-state index in [9.17, 15) is 4.79 Å². The molecular weight excluding hydrogens is 250 g/mol. The monoisotopic (exact) mass is 265 g/mol. The van der Waals surface area contributed by atoms with Crippen molar-refractivity contribution in [1.29, 1.82) is 0 Å². The number of benzene rings is 1. The molecule has 1 N–H and O–H groups in total. The highest BCUT2D eigenvalue weighted by Crippen LogP contribution is 2.25. The lowest BCUT2D eigenvalue weighted by Gasteiger charge is -2.06. The minimum Gasteiger partial charge on any atom is -0.461 e. The van der Waals surface area contributed by atoms with Gasteiger partial charge in [0.1, 0.15) is 16.7 Å². The maximum atomic E-state index is 11.4. The van der Waals surface area contributed by atoms with E-state index in [1.165, 1.54) is 0 Å². The maximum absolute atomic E-state index is 11.4. The number of carbonyl (C=O) groups is 1. The van der Waals surface area contributed by atoms with Gasteiger partial charge in [0.25, 0.3) is 0 Å². The third-order valence-corrected chi connectivity index (χ3v) is 3.13. The number of carbonyl (C=O) groups excluding carboxylic acids is 1. The molecule has 1 aromatic carbocycles. The summed E-state index contributed by atoms with van der Waals surface area (Å²) in [4.78, 5) is 11.4. The largest absolute Gasteiger partial charge is 0.461 e. The first-order chi connectivity index (χ1) is 8.59. The van der Waals surface area contributed by atoms with Crippen LogP contribution in [0.2, 0.25) is 0 Å². The second-order valence-corrected chi connectivity index (χ2v) is 4.94. The first-order valence-corrected chi connectivity index (χ1v) is 6.42. The van der Waals surface area contributed by atoms with Crippen LogP contribution in [-0.2, 0) is 11.2 Å². The van der Waals surface area contributed by atoms with E-state index >= 15 is 0 Å². The van der Waals surface area contributed by atoms with Crippen molar-refractivity contribution in [3.05, 3.63) is 35.6 Å². The zero-order valence-electron chi connectivity index (χ0n) is 10.5. The standard InChI is InChI=1S/C14H16ClNO2/c1-9(15)14(17)16-8-7-11-10(2)18-13-6-4-3-5-12(11)13/h3-6,9H,7-8H2,1-2H3,(H,16,17). The Labute approximate surface area is 111 Å². The molecule has 0 radical (unpaired) electrons. The summed E-state index contributed by atoms with van der Waals surface area (Å²) in [6.45, 7) is 4.18. The van der Waals surface area contributed by atoms with Crippen LogP contribution in [0.1, 0.15) is 18.2 Å². The molecule has 18 heavy (non-hydrogen) atoms. The number of furan rings is 1. The lowest BCUT2D eigenvalue weighted by Crippen LogP contribution is -2.31. The van der Waals surface area contributed by atoms with Crippen molar-refractivity contribution in [2.75, 3.05) is 6.54 Å². The summed E-state index contributed by atoms with van der Waals surface area (Å²) in [5, 5.41) is 3.42. The smallest absolute Gasteiger partial charge is 0.237 e. The van der Waals surface area contributed by atoms with Crippen LogP contribution in [0.5, 0.6) is 0 Å². The number of hydrogen-bond acceptors (Lipinski definition) is 2. The van der Waals surface area contributed by atoms with Gasteiger partial charge in [-0.25, -0.2) is 0 Å². The van der Waals surface area contributed by atoms with Crippen LogP contribution in [0.3, 0.4) is 0 Å². The molecule has 3 nitrogen and oxygen atoms in total. The van der Waals surface area contributed by atoms with Gasteiger partial charge >= 0.3 is 0 Å². The molecule has 0 spiro atoms. The number of amides is 1. The first-order valence-electron chi connectivity index (χ1n) is 5.98. The van der Waals surface area contributed by atoms with E-state index in [1.54, 1.807) is 6.92 Å².